The van der Waals surface area contributed by atoms with Crippen LogP contribution in [-0.4, -0.2) is 44.1 Å². The first kappa shape index (κ1) is 17.0. The maximum Gasteiger partial charge on any atom is 0.256 e. The highest BCUT2D eigenvalue weighted by atomic mass is 35.5. The van der Waals surface area contributed by atoms with Crippen LogP contribution in [0.2, 0.25) is 0 Å². The molecule has 4 nitrogen and oxygen atoms in total. The molecule has 0 bridgehead atoms. The summed E-state index contributed by atoms with van der Waals surface area (Å²) in [7, 11) is 1.48. The maximum absolute atomic E-state index is 14.0. The van der Waals surface area contributed by atoms with Crippen LogP contribution in [0, 0.1) is 11.2 Å². The number of nitrogens with zero attached hydrogens (tertiary/aromatic N) is 1. The van der Waals surface area contributed by atoms with E-state index in [0.717, 1.165) is 45.4 Å². The molecule has 2 saturated heterocycles. The van der Waals surface area contributed by atoms with E-state index in [1.165, 1.54) is 19.2 Å². The van der Waals surface area contributed by atoms with Gasteiger partial charge >= 0.3 is 0 Å². The SMILES string of the molecule is COc1ccc(C(=O)N2CCC3(CCNCC3)C2)c(F)c1.Cl. The first-order chi connectivity index (χ1) is 10.1. The number of hydrogen-bond donors (Lipinski definition) is 1. The van der Waals surface area contributed by atoms with Gasteiger partial charge < -0.3 is 15.0 Å². The third-order valence-electron chi connectivity index (χ3n) is 4.80. The van der Waals surface area contributed by atoms with Crippen molar-refractivity contribution in [2.45, 2.75) is 19.3 Å². The first-order valence-corrected chi connectivity index (χ1v) is 7.47. The number of likely N-dealkylation sites (tertiary alicyclic amines) is 1. The Morgan fingerprint density at radius 1 is 1.32 bits per heavy atom. The molecule has 0 saturated carbocycles. The Hall–Kier alpha value is -1.33. The average molecular weight is 329 g/mol. The van der Waals surface area contributed by atoms with Crippen LogP contribution in [-0.2, 0) is 0 Å². The second kappa shape index (κ2) is 6.84. The number of carbonyl (C=O) groups excluding carboxylic acids is 1. The molecule has 1 aromatic carbocycles. The van der Waals surface area contributed by atoms with Crippen LogP contribution in [0.5, 0.6) is 5.75 Å². The van der Waals surface area contributed by atoms with E-state index >= 15 is 0 Å². The molecule has 0 atom stereocenters. The standard InChI is InChI=1S/C16H21FN2O2.ClH/c1-21-12-2-3-13(14(17)10-12)15(20)19-9-6-16(11-19)4-7-18-8-5-16;/h2-3,10,18H,4-9,11H2,1H3;1H. The van der Waals surface area contributed by atoms with Crippen LogP contribution >= 0.6 is 12.4 Å². The van der Waals surface area contributed by atoms with Gasteiger partial charge in [-0.2, -0.15) is 0 Å². The van der Waals surface area contributed by atoms with Gasteiger partial charge in [-0.3, -0.25) is 4.79 Å². The van der Waals surface area contributed by atoms with Gasteiger partial charge in [0.1, 0.15) is 11.6 Å². The summed E-state index contributed by atoms with van der Waals surface area (Å²) in [5, 5.41) is 3.36. The summed E-state index contributed by atoms with van der Waals surface area (Å²) < 4.78 is 19.0. The van der Waals surface area contributed by atoms with E-state index in [9.17, 15) is 9.18 Å². The lowest BCUT2D eigenvalue weighted by Crippen LogP contribution is -2.39. The highest BCUT2D eigenvalue weighted by molar-refractivity contribution is 5.94. The van der Waals surface area contributed by atoms with E-state index in [1.807, 2.05) is 0 Å². The molecule has 122 valence electrons. The molecule has 0 unspecified atom stereocenters. The molecule has 0 aromatic heterocycles. The molecule has 3 rings (SSSR count). The van der Waals surface area contributed by atoms with E-state index in [4.69, 9.17) is 4.74 Å². The van der Waals surface area contributed by atoms with E-state index in [1.54, 1.807) is 11.0 Å². The molecule has 0 radical (unpaired) electrons. The lowest BCUT2D eigenvalue weighted by atomic mass is 9.78. The van der Waals surface area contributed by atoms with Crippen molar-refractivity contribution in [1.82, 2.24) is 10.2 Å². The maximum atomic E-state index is 14.0. The monoisotopic (exact) mass is 328 g/mol. The number of rotatable bonds is 2. The summed E-state index contributed by atoms with van der Waals surface area (Å²) in [4.78, 5) is 14.3. The van der Waals surface area contributed by atoms with Gasteiger partial charge in [0.15, 0.2) is 0 Å². The summed E-state index contributed by atoms with van der Waals surface area (Å²) in [5.74, 6) is -0.281. The van der Waals surface area contributed by atoms with Crippen molar-refractivity contribution in [3.63, 3.8) is 0 Å². The van der Waals surface area contributed by atoms with Crippen molar-refractivity contribution in [3.8, 4) is 5.75 Å². The molecule has 1 N–H and O–H groups in total. The number of piperidine rings is 1. The smallest absolute Gasteiger partial charge is 0.256 e. The Kier molecular flexibility index (Phi) is 5.29. The lowest BCUT2D eigenvalue weighted by Gasteiger charge is -2.33. The summed E-state index contributed by atoms with van der Waals surface area (Å²) in [6.07, 6.45) is 3.22. The predicted molar refractivity (Wildman–Crippen MR) is 85.3 cm³/mol. The van der Waals surface area contributed by atoms with E-state index < -0.39 is 5.82 Å². The number of methoxy groups -OCH3 is 1. The van der Waals surface area contributed by atoms with Gasteiger partial charge in [-0.1, -0.05) is 0 Å². The van der Waals surface area contributed by atoms with Crippen molar-refractivity contribution in [2.75, 3.05) is 33.3 Å². The number of halogens is 2. The molecule has 2 fully saturated rings. The normalized spacial score (nSPS) is 19.8. The largest absolute Gasteiger partial charge is 0.497 e. The summed E-state index contributed by atoms with van der Waals surface area (Å²) in [6.45, 7) is 3.50. The third-order valence-corrected chi connectivity index (χ3v) is 4.80. The molecular formula is C16H22ClFN2O2. The fourth-order valence-corrected chi connectivity index (χ4v) is 3.44. The number of hydrogen-bond acceptors (Lipinski definition) is 3. The van der Waals surface area contributed by atoms with E-state index in [-0.39, 0.29) is 29.3 Å². The van der Waals surface area contributed by atoms with Gasteiger partial charge in [0.25, 0.3) is 5.91 Å². The lowest BCUT2D eigenvalue weighted by molar-refractivity contribution is 0.0757. The van der Waals surface area contributed by atoms with Crippen LogP contribution in [0.4, 0.5) is 4.39 Å². The highest BCUT2D eigenvalue weighted by Gasteiger charge is 2.40. The average Bonchev–Trinajstić information content (AvgIpc) is 2.91. The molecular weight excluding hydrogens is 307 g/mol. The zero-order valence-corrected chi connectivity index (χ0v) is 13.5. The Morgan fingerprint density at radius 3 is 2.68 bits per heavy atom. The van der Waals surface area contributed by atoms with Crippen LogP contribution in [0.25, 0.3) is 0 Å². The van der Waals surface area contributed by atoms with Gasteiger partial charge in [-0.15, -0.1) is 12.4 Å². The number of nitrogens with one attached hydrogen (secondary N) is 1. The van der Waals surface area contributed by atoms with Gasteiger partial charge in [-0.05, 0) is 49.9 Å². The zero-order valence-electron chi connectivity index (χ0n) is 12.7. The molecule has 0 aliphatic carbocycles. The molecule has 1 aromatic rings. The van der Waals surface area contributed by atoms with Crippen LogP contribution in [0.15, 0.2) is 18.2 Å². The van der Waals surface area contributed by atoms with Crippen molar-refractivity contribution in [1.29, 1.82) is 0 Å². The molecule has 22 heavy (non-hydrogen) atoms. The molecule has 1 spiro atoms. The highest BCUT2D eigenvalue weighted by Crippen LogP contribution is 2.39. The van der Waals surface area contributed by atoms with Gasteiger partial charge in [0.05, 0.1) is 12.7 Å². The van der Waals surface area contributed by atoms with Gasteiger partial charge in [0, 0.05) is 19.2 Å². The van der Waals surface area contributed by atoms with Crippen LogP contribution in [0.1, 0.15) is 29.6 Å². The zero-order chi connectivity index (χ0) is 14.9. The Morgan fingerprint density at radius 2 is 2.05 bits per heavy atom. The van der Waals surface area contributed by atoms with Crippen LogP contribution in [0.3, 0.4) is 0 Å². The number of ether oxygens (including phenoxy) is 1. The third kappa shape index (κ3) is 3.20. The number of amides is 1. The minimum Gasteiger partial charge on any atom is -0.497 e. The van der Waals surface area contributed by atoms with Crippen molar-refractivity contribution >= 4 is 18.3 Å². The summed E-state index contributed by atoms with van der Waals surface area (Å²) in [6, 6.07) is 4.42. The fourth-order valence-electron chi connectivity index (χ4n) is 3.44. The topological polar surface area (TPSA) is 41.6 Å². The van der Waals surface area contributed by atoms with E-state index in [2.05, 4.69) is 5.32 Å². The number of carbonyl (C=O) groups is 1. The first-order valence-electron chi connectivity index (χ1n) is 7.47. The quantitative estimate of drug-likeness (QED) is 0.907. The van der Waals surface area contributed by atoms with Crippen molar-refractivity contribution in [3.05, 3.63) is 29.6 Å². The second-order valence-electron chi connectivity index (χ2n) is 6.07. The van der Waals surface area contributed by atoms with E-state index in [0.29, 0.717) is 5.75 Å². The summed E-state index contributed by atoms with van der Waals surface area (Å²) in [5.41, 5.74) is 0.380. The van der Waals surface area contributed by atoms with Crippen molar-refractivity contribution in [2.24, 2.45) is 5.41 Å². The Balaban J connectivity index is 0.00000176. The number of benzene rings is 1. The minimum atomic E-state index is -0.509. The Labute approximate surface area is 136 Å². The van der Waals surface area contributed by atoms with Crippen molar-refractivity contribution < 1.29 is 13.9 Å². The Bertz CT molecular complexity index is 547. The fraction of sp³-hybridized carbons (Fsp3) is 0.562. The van der Waals surface area contributed by atoms with Crippen LogP contribution < -0.4 is 10.1 Å². The minimum absolute atomic E-state index is 0. The molecule has 6 heteroatoms. The molecule has 1 amide bonds. The molecule has 2 heterocycles. The molecule has 2 aliphatic heterocycles. The predicted octanol–water partition coefficient (Wildman–Crippen LogP) is 2.47. The summed E-state index contributed by atoms with van der Waals surface area (Å²) >= 11 is 0. The molecule has 2 aliphatic rings. The van der Waals surface area contributed by atoms with Gasteiger partial charge in [0.2, 0.25) is 0 Å². The second-order valence-corrected chi connectivity index (χ2v) is 6.07. The van der Waals surface area contributed by atoms with Gasteiger partial charge in [-0.25, -0.2) is 4.39 Å².